The first kappa shape index (κ1) is 16.4. The zero-order chi connectivity index (χ0) is 16.3. The maximum Gasteiger partial charge on any atom is 0.243 e. The Morgan fingerprint density at radius 3 is 3.04 bits per heavy atom. The van der Waals surface area contributed by atoms with Crippen LogP contribution in [0.4, 0.5) is 0 Å². The number of fused-ring (bicyclic) bond motifs is 1. The fourth-order valence-corrected chi connectivity index (χ4v) is 4.58. The molecule has 3 rings (SSSR count). The van der Waals surface area contributed by atoms with E-state index < -0.39 is 10.0 Å². The number of piperidine rings is 1. The second kappa shape index (κ2) is 6.94. The van der Waals surface area contributed by atoms with Gasteiger partial charge < -0.3 is 4.90 Å². The minimum atomic E-state index is -3.61. The smallest absolute Gasteiger partial charge is 0.243 e. The van der Waals surface area contributed by atoms with Crippen LogP contribution >= 0.6 is 0 Å². The number of nitrogens with one attached hydrogen (secondary N) is 2. The Balaban J connectivity index is 1.66. The molecule has 0 aliphatic carbocycles. The first-order chi connectivity index (χ1) is 11.1. The third-order valence-corrected chi connectivity index (χ3v) is 6.14. The van der Waals surface area contributed by atoms with Gasteiger partial charge in [-0.25, -0.2) is 17.8 Å². The number of aromatic nitrogens is 2. The SMILES string of the molecule is CCC1CCCC[NH+]1CCNS(=O)(=O)c1cccc2nonc12. The van der Waals surface area contributed by atoms with Crippen LogP contribution in [-0.4, -0.2) is 44.4 Å². The quantitative estimate of drug-likeness (QED) is 0.793. The molecule has 1 fully saturated rings. The van der Waals surface area contributed by atoms with E-state index in [0.717, 1.165) is 19.5 Å². The summed E-state index contributed by atoms with van der Waals surface area (Å²) in [5.74, 6) is 0. The molecule has 0 bridgehead atoms. The van der Waals surface area contributed by atoms with Crippen LogP contribution in [0.25, 0.3) is 11.0 Å². The third kappa shape index (κ3) is 3.54. The molecule has 8 heteroatoms. The highest BCUT2D eigenvalue weighted by molar-refractivity contribution is 7.89. The van der Waals surface area contributed by atoms with Crippen molar-refractivity contribution in [2.24, 2.45) is 0 Å². The average molecular weight is 339 g/mol. The van der Waals surface area contributed by atoms with Crippen molar-refractivity contribution in [1.82, 2.24) is 15.0 Å². The van der Waals surface area contributed by atoms with Crippen LogP contribution in [-0.2, 0) is 10.0 Å². The Kier molecular flexibility index (Phi) is 4.93. The van der Waals surface area contributed by atoms with Gasteiger partial charge in [0.25, 0.3) is 0 Å². The molecule has 2 aromatic rings. The largest absolute Gasteiger partial charge is 0.331 e. The summed E-state index contributed by atoms with van der Waals surface area (Å²) in [6, 6.07) is 5.49. The molecular formula is C15H23N4O3S+. The number of hydrogen-bond donors (Lipinski definition) is 2. The van der Waals surface area contributed by atoms with Crippen LogP contribution in [0.2, 0.25) is 0 Å². The van der Waals surface area contributed by atoms with E-state index in [-0.39, 0.29) is 10.4 Å². The van der Waals surface area contributed by atoms with E-state index in [0.29, 0.717) is 18.1 Å². The van der Waals surface area contributed by atoms with Crippen LogP contribution in [0, 0.1) is 0 Å². The van der Waals surface area contributed by atoms with Crippen LogP contribution < -0.4 is 9.62 Å². The molecule has 2 atom stereocenters. The maximum atomic E-state index is 12.5. The number of hydrogen-bond acceptors (Lipinski definition) is 5. The Morgan fingerprint density at radius 1 is 1.35 bits per heavy atom. The first-order valence-corrected chi connectivity index (χ1v) is 9.65. The van der Waals surface area contributed by atoms with Crippen LogP contribution in [0.15, 0.2) is 27.7 Å². The van der Waals surface area contributed by atoms with Crippen molar-refractivity contribution in [1.29, 1.82) is 0 Å². The fourth-order valence-electron chi connectivity index (χ4n) is 3.39. The van der Waals surface area contributed by atoms with Gasteiger partial charge >= 0.3 is 0 Å². The molecule has 2 N–H and O–H groups in total. The number of benzene rings is 1. The fraction of sp³-hybridized carbons (Fsp3) is 0.600. The van der Waals surface area contributed by atoms with Crippen molar-refractivity contribution >= 4 is 21.1 Å². The molecule has 1 aromatic heterocycles. The number of quaternary nitrogens is 1. The summed E-state index contributed by atoms with van der Waals surface area (Å²) in [6.07, 6.45) is 4.89. The Labute approximate surface area is 136 Å². The molecule has 0 radical (unpaired) electrons. The second-order valence-corrected chi connectivity index (χ2v) is 7.78. The van der Waals surface area contributed by atoms with Crippen LogP contribution in [0.1, 0.15) is 32.6 Å². The van der Waals surface area contributed by atoms with E-state index >= 15 is 0 Å². The summed E-state index contributed by atoms with van der Waals surface area (Å²) >= 11 is 0. The molecule has 7 nitrogen and oxygen atoms in total. The summed E-state index contributed by atoms with van der Waals surface area (Å²) < 4.78 is 32.3. The van der Waals surface area contributed by atoms with Crippen molar-refractivity contribution in [3.05, 3.63) is 18.2 Å². The van der Waals surface area contributed by atoms with Gasteiger partial charge in [-0.3, -0.25) is 0 Å². The number of rotatable bonds is 6. The molecule has 1 saturated heterocycles. The Morgan fingerprint density at radius 2 is 2.22 bits per heavy atom. The minimum Gasteiger partial charge on any atom is -0.331 e. The maximum absolute atomic E-state index is 12.5. The molecular weight excluding hydrogens is 316 g/mol. The van der Waals surface area contributed by atoms with Crippen molar-refractivity contribution < 1.29 is 17.9 Å². The van der Waals surface area contributed by atoms with E-state index in [9.17, 15) is 8.42 Å². The van der Waals surface area contributed by atoms with E-state index in [1.807, 2.05) is 0 Å². The number of sulfonamides is 1. The predicted octanol–water partition coefficient (Wildman–Crippen LogP) is 0.349. The monoisotopic (exact) mass is 339 g/mol. The van der Waals surface area contributed by atoms with Gasteiger partial charge in [-0.2, -0.15) is 0 Å². The van der Waals surface area contributed by atoms with Crippen molar-refractivity contribution in [2.75, 3.05) is 19.6 Å². The molecule has 1 aliphatic heterocycles. The molecule has 126 valence electrons. The highest BCUT2D eigenvalue weighted by Crippen LogP contribution is 2.19. The van der Waals surface area contributed by atoms with Gasteiger partial charge in [0.05, 0.1) is 25.7 Å². The normalized spacial score (nSPS) is 22.5. The first-order valence-electron chi connectivity index (χ1n) is 8.17. The van der Waals surface area contributed by atoms with Gasteiger partial charge in [0.15, 0.2) is 5.52 Å². The number of nitrogens with zero attached hydrogens (tertiary/aromatic N) is 2. The predicted molar refractivity (Wildman–Crippen MR) is 85.6 cm³/mol. The van der Waals surface area contributed by atoms with Gasteiger partial charge in [0.2, 0.25) is 10.0 Å². The van der Waals surface area contributed by atoms with Gasteiger partial charge in [-0.1, -0.05) is 13.0 Å². The van der Waals surface area contributed by atoms with Crippen molar-refractivity contribution in [3.8, 4) is 0 Å². The highest BCUT2D eigenvalue weighted by atomic mass is 32.2. The standard InChI is InChI=1S/C15H22N4O3S/c1-2-12-6-3-4-10-19(12)11-9-16-23(20,21)14-8-5-7-13-15(14)18-22-17-13/h5,7-8,12,16H,2-4,6,9-11H2,1H3/p+1. The highest BCUT2D eigenvalue weighted by Gasteiger charge is 2.25. The van der Waals surface area contributed by atoms with Gasteiger partial charge in [-0.05, 0) is 48.1 Å². The molecule has 0 amide bonds. The third-order valence-electron chi connectivity index (χ3n) is 4.65. The van der Waals surface area contributed by atoms with E-state index in [1.54, 1.807) is 12.1 Å². The second-order valence-electron chi connectivity index (χ2n) is 6.05. The van der Waals surface area contributed by atoms with Gasteiger partial charge in [0.1, 0.15) is 10.4 Å². The van der Waals surface area contributed by atoms with Gasteiger partial charge in [-0.15, -0.1) is 0 Å². The van der Waals surface area contributed by atoms with Crippen LogP contribution in [0.3, 0.4) is 0 Å². The zero-order valence-electron chi connectivity index (χ0n) is 13.3. The van der Waals surface area contributed by atoms with Crippen molar-refractivity contribution in [3.63, 3.8) is 0 Å². The summed E-state index contributed by atoms with van der Waals surface area (Å²) in [6.45, 7) is 4.57. The lowest BCUT2D eigenvalue weighted by molar-refractivity contribution is -0.929. The molecule has 0 spiro atoms. The van der Waals surface area contributed by atoms with E-state index in [4.69, 9.17) is 0 Å². The van der Waals surface area contributed by atoms with E-state index in [1.165, 1.54) is 30.2 Å². The van der Waals surface area contributed by atoms with Gasteiger partial charge in [0, 0.05) is 0 Å². The average Bonchev–Trinajstić information content (AvgIpc) is 3.03. The molecule has 0 saturated carbocycles. The molecule has 2 unspecified atom stereocenters. The molecule has 1 aliphatic rings. The van der Waals surface area contributed by atoms with Crippen LogP contribution in [0.5, 0.6) is 0 Å². The molecule has 23 heavy (non-hydrogen) atoms. The van der Waals surface area contributed by atoms with Crippen molar-refractivity contribution in [2.45, 2.75) is 43.5 Å². The lowest BCUT2D eigenvalue weighted by atomic mass is 10.0. The summed E-state index contributed by atoms with van der Waals surface area (Å²) in [5, 5.41) is 7.38. The molecule has 2 heterocycles. The Bertz CT molecular complexity index is 759. The minimum absolute atomic E-state index is 0.122. The lowest BCUT2D eigenvalue weighted by Crippen LogP contribution is -3.17. The Hall–Kier alpha value is -1.51. The summed E-state index contributed by atoms with van der Waals surface area (Å²) in [4.78, 5) is 1.62. The molecule has 1 aromatic carbocycles. The summed E-state index contributed by atoms with van der Waals surface area (Å²) in [7, 11) is -3.61. The topological polar surface area (TPSA) is 89.5 Å². The number of likely N-dealkylation sites (tertiary alicyclic amines) is 1. The van der Waals surface area contributed by atoms with E-state index in [2.05, 4.69) is 26.6 Å². The lowest BCUT2D eigenvalue weighted by Gasteiger charge is -2.32. The summed E-state index contributed by atoms with van der Waals surface area (Å²) in [5.41, 5.74) is 0.720. The zero-order valence-corrected chi connectivity index (χ0v) is 14.1.